The van der Waals surface area contributed by atoms with Gasteiger partial charge in [-0.25, -0.2) is 9.59 Å². The highest BCUT2D eigenvalue weighted by Gasteiger charge is 2.29. The number of aliphatic hydroxyl groups excluding tert-OH is 4. The molecular weight excluding hydrogens is 653 g/mol. The molecule has 2 rings (SSSR count). The zero-order valence-electron chi connectivity index (χ0n) is 29.7. The van der Waals surface area contributed by atoms with Crippen LogP contribution < -0.4 is 10.6 Å². The molecule has 0 aromatic heterocycles. The molecule has 0 saturated carbocycles. The molecule has 0 heterocycles. The first kappa shape index (κ1) is 43.2. The Hall–Kier alpha value is -2.83. The maximum absolute atomic E-state index is 12.2. The maximum Gasteiger partial charge on any atom is 0.407 e. The van der Waals surface area contributed by atoms with Gasteiger partial charge in [-0.05, 0) is 77.1 Å². The first-order chi connectivity index (χ1) is 22.4. The third-order valence-electron chi connectivity index (χ3n) is 6.61. The van der Waals surface area contributed by atoms with Crippen LogP contribution in [0.2, 0.25) is 39.3 Å². The quantitative estimate of drug-likeness (QED) is 0.125. The van der Waals surface area contributed by atoms with Crippen molar-refractivity contribution in [3.63, 3.8) is 0 Å². The molecule has 272 valence electrons. The van der Waals surface area contributed by atoms with Crippen LogP contribution in [0.1, 0.15) is 25.0 Å². The minimum absolute atomic E-state index is 0.186. The highest BCUT2D eigenvalue weighted by atomic mass is 28.4. The molecule has 0 aliphatic rings. The summed E-state index contributed by atoms with van der Waals surface area (Å²) in [6.45, 7) is 15.1. The Morgan fingerprint density at radius 3 is 1.21 bits per heavy atom. The van der Waals surface area contributed by atoms with Crippen LogP contribution in [-0.2, 0) is 31.2 Å². The number of rotatable bonds is 18. The average molecular weight is 711 g/mol. The molecule has 0 spiro atoms. The minimum atomic E-state index is -1.63. The summed E-state index contributed by atoms with van der Waals surface area (Å²) < 4.78 is 21.5. The summed E-state index contributed by atoms with van der Waals surface area (Å²) in [5.41, 5.74) is 2.11. The van der Waals surface area contributed by atoms with E-state index >= 15 is 0 Å². The lowest BCUT2D eigenvalue weighted by Crippen LogP contribution is -2.46. The second-order valence-corrected chi connectivity index (χ2v) is 22.7. The van der Waals surface area contributed by atoms with Crippen LogP contribution in [0.25, 0.3) is 0 Å². The molecule has 0 fully saturated rings. The Morgan fingerprint density at radius 2 is 0.938 bits per heavy atom. The fourth-order valence-electron chi connectivity index (χ4n) is 4.14. The maximum atomic E-state index is 12.2. The van der Waals surface area contributed by atoms with E-state index in [1.54, 1.807) is 0 Å². The summed E-state index contributed by atoms with van der Waals surface area (Å²) in [5, 5.41) is 43.9. The molecule has 48 heavy (non-hydrogen) atoms. The number of carbonyl (C=O) groups is 2. The summed E-state index contributed by atoms with van der Waals surface area (Å²) in [7, 11) is -3.26. The zero-order chi connectivity index (χ0) is 36.3. The highest BCUT2D eigenvalue weighted by molar-refractivity contribution is 6.70. The van der Waals surface area contributed by atoms with Gasteiger partial charge in [-0.3, -0.25) is 0 Å². The van der Waals surface area contributed by atoms with Crippen molar-refractivity contribution in [1.82, 2.24) is 10.6 Å². The molecule has 0 radical (unpaired) electrons. The van der Waals surface area contributed by atoms with Crippen molar-refractivity contribution >= 4 is 28.8 Å². The largest absolute Gasteiger partial charge is 0.440 e. The SMILES string of the molecule is CC(Cc1ccccc1)NC(=O)O[C@@H](CO)[C@@H](CO)OC(=O)NC(C)Cc1ccccc1.C[Si](C)(C)OC[C@@H](O)[C@@H](O)CO[Si](C)(C)C. The Kier molecular flexibility index (Phi) is 19.8. The Morgan fingerprint density at radius 1 is 0.625 bits per heavy atom. The summed E-state index contributed by atoms with van der Waals surface area (Å²) in [5.74, 6) is 0. The number of hydrogen-bond donors (Lipinski definition) is 6. The van der Waals surface area contributed by atoms with Crippen LogP contribution in [0.5, 0.6) is 0 Å². The molecular formula is C34H58N2O10Si2. The normalized spacial score (nSPS) is 15.4. The van der Waals surface area contributed by atoms with Crippen molar-refractivity contribution in [3.8, 4) is 0 Å². The van der Waals surface area contributed by atoms with Gasteiger partial charge in [0, 0.05) is 12.1 Å². The number of nitrogens with one attached hydrogen (secondary N) is 2. The lowest BCUT2D eigenvalue weighted by molar-refractivity contribution is -0.0544. The molecule has 6 N–H and O–H groups in total. The van der Waals surface area contributed by atoms with Crippen LogP contribution in [0.15, 0.2) is 60.7 Å². The third kappa shape index (κ3) is 20.5. The Bertz CT molecular complexity index is 1070. The number of carbonyl (C=O) groups excluding carboxylic acids is 2. The number of benzene rings is 2. The highest BCUT2D eigenvalue weighted by Crippen LogP contribution is 2.10. The second kappa shape index (κ2) is 22.0. The van der Waals surface area contributed by atoms with Crippen LogP contribution in [0, 0.1) is 0 Å². The molecule has 0 aliphatic heterocycles. The van der Waals surface area contributed by atoms with Gasteiger partial charge in [0.15, 0.2) is 28.8 Å². The molecule has 2 unspecified atom stereocenters. The first-order valence-corrected chi connectivity index (χ1v) is 23.1. The molecule has 2 amide bonds. The van der Waals surface area contributed by atoms with Crippen LogP contribution >= 0.6 is 0 Å². The smallest absolute Gasteiger partial charge is 0.407 e. The van der Waals surface area contributed by atoms with E-state index in [1.807, 2.05) is 114 Å². The fraction of sp³-hybridized carbons (Fsp3) is 0.588. The predicted octanol–water partition coefficient (Wildman–Crippen LogP) is 3.83. The van der Waals surface area contributed by atoms with Crippen LogP contribution in [-0.4, -0.2) is 112 Å². The van der Waals surface area contributed by atoms with Crippen LogP contribution in [0.4, 0.5) is 9.59 Å². The molecule has 0 bridgehead atoms. The predicted molar refractivity (Wildman–Crippen MR) is 191 cm³/mol. The summed E-state index contributed by atoms with van der Waals surface area (Å²) in [4.78, 5) is 24.4. The van der Waals surface area contributed by atoms with Crippen molar-refractivity contribution in [2.24, 2.45) is 0 Å². The van der Waals surface area contributed by atoms with Gasteiger partial charge in [-0.15, -0.1) is 0 Å². The first-order valence-electron chi connectivity index (χ1n) is 16.3. The fourth-order valence-corrected chi connectivity index (χ4v) is 5.48. The van der Waals surface area contributed by atoms with Crippen LogP contribution in [0.3, 0.4) is 0 Å². The van der Waals surface area contributed by atoms with Crippen molar-refractivity contribution in [1.29, 1.82) is 0 Å². The summed E-state index contributed by atoms with van der Waals surface area (Å²) in [6, 6.07) is 18.8. The van der Waals surface area contributed by atoms with Crippen molar-refractivity contribution < 1.29 is 48.3 Å². The number of ether oxygens (including phenoxy) is 2. The molecule has 14 heteroatoms. The van der Waals surface area contributed by atoms with Gasteiger partial charge >= 0.3 is 12.2 Å². The van der Waals surface area contributed by atoms with Gasteiger partial charge in [-0.1, -0.05) is 60.7 Å². The minimum Gasteiger partial charge on any atom is -0.440 e. The number of hydrogen-bond acceptors (Lipinski definition) is 10. The van der Waals surface area contributed by atoms with Gasteiger partial charge in [0.2, 0.25) is 0 Å². The molecule has 12 nitrogen and oxygen atoms in total. The number of aliphatic hydroxyl groups is 4. The van der Waals surface area contributed by atoms with Gasteiger partial charge in [0.05, 0.1) is 26.4 Å². The van der Waals surface area contributed by atoms with Crippen molar-refractivity contribution in [2.45, 2.75) is 102 Å². The van der Waals surface area contributed by atoms with E-state index in [4.69, 9.17) is 18.3 Å². The van der Waals surface area contributed by atoms with E-state index in [0.29, 0.717) is 12.8 Å². The van der Waals surface area contributed by atoms with E-state index in [0.717, 1.165) is 11.1 Å². The monoisotopic (exact) mass is 710 g/mol. The lowest BCUT2D eigenvalue weighted by Gasteiger charge is -2.25. The summed E-state index contributed by atoms with van der Waals surface area (Å²) >= 11 is 0. The van der Waals surface area contributed by atoms with E-state index in [2.05, 4.69) is 10.6 Å². The average Bonchev–Trinajstić information content (AvgIpc) is 3.00. The standard InChI is InChI=1S/C24H32N2O6.C10H26O4Si2/c1-17(13-19-9-5-3-6-10-19)25-23(29)31-21(15-27)22(16-28)32-24(30)26-18(2)14-20-11-7-4-8-12-20;1-15(2,3)13-7-9(11)10(12)8-14-16(4,5)6/h3-12,17-18,21-22,27-28H,13-16H2,1-2H3,(H,25,29)(H,26,30);9-12H,7-8H2,1-6H3/t17?,18?,21-,22+;9-,10+. The topological polar surface area (TPSA) is 176 Å². The third-order valence-corrected chi connectivity index (χ3v) is 8.67. The molecule has 2 aromatic carbocycles. The second-order valence-electron chi connectivity index (χ2n) is 13.7. The molecule has 2 aromatic rings. The number of alkyl carbamates (subject to hydrolysis) is 2. The lowest BCUT2D eigenvalue weighted by atomic mass is 10.1. The van der Waals surface area contributed by atoms with Crippen molar-refractivity contribution in [3.05, 3.63) is 71.8 Å². The molecule has 0 aliphatic carbocycles. The number of amides is 2. The molecule has 6 atom stereocenters. The molecule has 0 saturated heterocycles. The van der Waals surface area contributed by atoms with Gasteiger partial charge in [0.25, 0.3) is 0 Å². The van der Waals surface area contributed by atoms with E-state index in [-0.39, 0.29) is 25.3 Å². The van der Waals surface area contributed by atoms with E-state index in [1.165, 1.54) is 0 Å². The van der Waals surface area contributed by atoms with E-state index < -0.39 is 66.5 Å². The van der Waals surface area contributed by atoms with Crippen molar-refractivity contribution in [2.75, 3.05) is 26.4 Å². The zero-order valence-corrected chi connectivity index (χ0v) is 31.7. The van der Waals surface area contributed by atoms with Gasteiger partial charge in [0.1, 0.15) is 12.2 Å². The Labute approximate surface area is 288 Å². The van der Waals surface area contributed by atoms with E-state index in [9.17, 15) is 30.0 Å². The summed E-state index contributed by atoms with van der Waals surface area (Å²) in [6.07, 6.45) is -4.48. The van der Waals surface area contributed by atoms with Gasteiger partial charge < -0.3 is 49.4 Å². The van der Waals surface area contributed by atoms with Gasteiger partial charge in [-0.2, -0.15) is 0 Å². The Balaban J connectivity index is 0.000000607.